The van der Waals surface area contributed by atoms with E-state index in [0.29, 0.717) is 5.56 Å². The number of hydrogen-bond donors (Lipinski definition) is 2. The van der Waals surface area contributed by atoms with Crippen molar-refractivity contribution in [2.45, 2.75) is 20.0 Å². The van der Waals surface area contributed by atoms with Crippen LogP contribution >= 0.6 is 0 Å². The minimum atomic E-state index is -0.871. The van der Waals surface area contributed by atoms with Gasteiger partial charge in [-0.25, -0.2) is 4.79 Å². The number of aromatic carboxylic acids is 1. The number of carboxylic acids is 1. The lowest BCUT2D eigenvalue weighted by Crippen LogP contribution is -2.43. The fourth-order valence-corrected chi connectivity index (χ4v) is 3.05. The highest BCUT2D eigenvalue weighted by atomic mass is 16.4. The lowest BCUT2D eigenvalue weighted by molar-refractivity contribution is 0.0697. The maximum absolute atomic E-state index is 11.1. The van der Waals surface area contributed by atoms with Gasteiger partial charge in [0.25, 0.3) is 0 Å². The normalized spacial score (nSPS) is 16.4. The van der Waals surface area contributed by atoms with Crippen LogP contribution in [-0.2, 0) is 13.1 Å². The van der Waals surface area contributed by atoms with Gasteiger partial charge in [-0.05, 0) is 30.5 Å². The highest BCUT2D eigenvalue weighted by Crippen LogP contribution is 2.23. The number of nitrogens with zero attached hydrogens (tertiary/aromatic N) is 2. The Bertz CT molecular complexity index is 657. The molecule has 1 aromatic carbocycles. The molecule has 112 valence electrons. The first-order valence-corrected chi connectivity index (χ1v) is 7.47. The molecular formula is C16H21N3O2. The summed E-state index contributed by atoms with van der Waals surface area (Å²) in [4.78, 5) is 13.6. The van der Waals surface area contributed by atoms with E-state index in [1.54, 1.807) is 12.1 Å². The number of nitrogens with one attached hydrogen (secondary N) is 1. The molecule has 2 N–H and O–H groups in total. The molecule has 0 aliphatic carbocycles. The molecule has 1 aromatic heterocycles. The minimum Gasteiger partial charge on any atom is -0.478 e. The summed E-state index contributed by atoms with van der Waals surface area (Å²) < 4.78 is 2.23. The smallest absolute Gasteiger partial charge is 0.335 e. The largest absolute Gasteiger partial charge is 0.478 e. The minimum absolute atomic E-state index is 0.351. The second-order valence-electron chi connectivity index (χ2n) is 5.48. The van der Waals surface area contributed by atoms with Crippen molar-refractivity contribution < 1.29 is 9.90 Å². The van der Waals surface area contributed by atoms with Gasteiger partial charge in [0.15, 0.2) is 0 Å². The van der Waals surface area contributed by atoms with Crippen molar-refractivity contribution in [3.8, 4) is 0 Å². The molecule has 1 aliphatic rings. The quantitative estimate of drug-likeness (QED) is 0.900. The van der Waals surface area contributed by atoms with Crippen LogP contribution in [0.5, 0.6) is 0 Å². The molecule has 0 atom stereocenters. The fraction of sp³-hybridized carbons (Fsp3) is 0.438. The second kappa shape index (κ2) is 5.87. The third-order valence-electron chi connectivity index (χ3n) is 4.15. The first-order chi connectivity index (χ1) is 10.2. The number of carbonyl (C=O) groups is 1. The molecule has 1 fully saturated rings. The van der Waals surface area contributed by atoms with E-state index in [4.69, 9.17) is 5.11 Å². The Morgan fingerprint density at radius 1 is 1.29 bits per heavy atom. The predicted molar refractivity (Wildman–Crippen MR) is 82.7 cm³/mol. The van der Waals surface area contributed by atoms with Crippen LogP contribution in [0.25, 0.3) is 10.9 Å². The van der Waals surface area contributed by atoms with Crippen LogP contribution in [-0.4, -0.2) is 46.7 Å². The van der Waals surface area contributed by atoms with Crippen LogP contribution < -0.4 is 5.32 Å². The molecule has 0 bridgehead atoms. The van der Waals surface area contributed by atoms with E-state index in [9.17, 15) is 4.79 Å². The average molecular weight is 287 g/mol. The van der Waals surface area contributed by atoms with Gasteiger partial charge < -0.3 is 15.0 Å². The number of fused-ring (bicyclic) bond motifs is 1. The van der Waals surface area contributed by atoms with Gasteiger partial charge in [0.2, 0.25) is 0 Å². The van der Waals surface area contributed by atoms with Gasteiger partial charge in [0, 0.05) is 50.5 Å². The van der Waals surface area contributed by atoms with Gasteiger partial charge in [-0.1, -0.05) is 6.07 Å². The van der Waals surface area contributed by atoms with Crippen molar-refractivity contribution in [2.75, 3.05) is 26.2 Å². The molecule has 0 spiro atoms. The maximum atomic E-state index is 11.1. The molecule has 0 radical (unpaired) electrons. The Morgan fingerprint density at radius 3 is 2.71 bits per heavy atom. The van der Waals surface area contributed by atoms with E-state index in [1.165, 1.54) is 5.69 Å². The number of carboxylic acid groups (broad SMARTS) is 1. The van der Waals surface area contributed by atoms with Crippen molar-refractivity contribution in [1.29, 1.82) is 0 Å². The Morgan fingerprint density at radius 2 is 2.05 bits per heavy atom. The Kier molecular flexibility index (Phi) is 3.94. The standard InChI is InChI=1S/C16H21N3O2/c1-2-19-14(11-18-7-5-17-6-8-18)9-12-3-4-13(16(20)21)10-15(12)19/h3-4,9-10,17H,2,5-8,11H2,1H3,(H,20,21). The van der Waals surface area contributed by atoms with Crippen LogP contribution in [0.15, 0.2) is 24.3 Å². The third kappa shape index (κ3) is 2.80. The van der Waals surface area contributed by atoms with Crippen LogP contribution in [0, 0.1) is 0 Å². The summed E-state index contributed by atoms with van der Waals surface area (Å²) in [6, 6.07) is 7.56. The summed E-state index contributed by atoms with van der Waals surface area (Å²) in [5, 5.41) is 13.6. The number of rotatable bonds is 4. The van der Waals surface area contributed by atoms with Gasteiger partial charge in [0.1, 0.15) is 0 Å². The van der Waals surface area contributed by atoms with Crippen LogP contribution in [0.4, 0.5) is 0 Å². The molecule has 5 heteroatoms. The zero-order chi connectivity index (χ0) is 14.8. The summed E-state index contributed by atoms with van der Waals surface area (Å²) in [7, 11) is 0. The third-order valence-corrected chi connectivity index (χ3v) is 4.15. The second-order valence-corrected chi connectivity index (χ2v) is 5.48. The number of hydrogen-bond acceptors (Lipinski definition) is 3. The van der Waals surface area contributed by atoms with Gasteiger partial charge in [-0.2, -0.15) is 0 Å². The van der Waals surface area contributed by atoms with E-state index in [1.807, 2.05) is 6.07 Å². The van der Waals surface area contributed by atoms with E-state index in [0.717, 1.165) is 50.2 Å². The van der Waals surface area contributed by atoms with Crippen LogP contribution in [0.1, 0.15) is 23.0 Å². The molecule has 2 aromatic rings. The topological polar surface area (TPSA) is 57.5 Å². The molecule has 5 nitrogen and oxygen atoms in total. The summed E-state index contributed by atoms with van der Waals surface area (Å²) in [5.74, 6) is -0.871. The zero-order valence-electron chi connectivity index (χ0n) is 12.3. The van der Waals surface area contributed by atoms with E-state index < -0.39 is 5.97 Å². The number of piperazine rings is 1. The highest BCUT2D eigenvalue weighted by Gasteiger charge is 2.15. The predicted octanol–water partition coefficient (Wildman–Crippen LogP) is 1.76. The Hall–Kier alpha value is -1.85. The molecule has 0 saturated carbocycles. The fourth-order valence-electron chi connectivity index (χ4n) is 3.05. The Labute approximate surface area is 124 Å². The number of benzene rings is 1. The summed E-state index contributed by atoms with van der Waals surface area (Å²) in [6.45, 7) is 8.08. The maximum Gasteiger partial charge on any atom is 0.335 e. The molecule has 0 amide bonds. The zero-order valence-corrected chi connectivity index (χ0v) is 12.3. The number of aromatic nitrogens is 1. The van der Waals surface area contributed by atoms with E-state index in [2.05, 4.69) is 27.8 Å². The van der Waals surface area contributed by atoms with Crippen LogP contribution in [0.2, 0.25) is 0 Å². The average Bonchev–Trinajstić information content (AvgIpc) is 2.84. The Balaban J connectivity index is 1.96. The van der Waals surface area contributed by atoms with Crippen molar-refractivity contribution in [2.24, 2.45) is 0 Å². The SMILES string of the molecule is CCn1c(CN2CCNCC2)cc2ccc(C(=O)O)cc21. The molecule has 0 unspecified atom stereocenters. The lowest BCUT2D eigenvalue weighted by atomic mass is 10.1. The molecule has 1 saturated heterocycles. The van der Waals surface area contributed by atoms with Gasteiger partial charge in [-0.15, -0.1) is 0 Å². The summed E-state index contributed by atoms with van der Waals surface area (Å²) in [6.07, 6.45) is 0. The first-order valence-electron chi connectivity index (χ1n) is 7.47. The van der Waals surface area contributed by atoms with Crippen LogP contribution in [0.3, 0.4) is 0 Å². The number of aryl methyl sites for hydroxylation is 1. The molecule has 2 heterocycles. The molecular weight excluding hydrogens is 266 g/mol. The van der Waals surface area contributed by atoms with Crippen molar-refractivity contribution >= 4 is 16.9 Å². The highest BCUT2D eigenvalue weighted by molar-refractivity contribution is 5.93. The summed E-state index contributed by atoms with van der Waals surface area (Å²) >= 11 is 0. The summed E-state index contributed by atoms with van der Waals surface area (Å²) in [5.41, 5.74) is 2.63. The van der Waals surface area contributed by atoms with Gasteiger partial charge >= 0.3 is 5.97 Å². The monoisotopic (exact) mass is 287 g/mol. The van der Waals surface area contributed by atoms with Crippen molar-refractivity contribution in [1.82, 2.24) is 14.8 Å². The molecule has 21 heavy (non-hydrogen) atoms. The van der Waals surface area contributed by atoms with Gasteiger partial charge in [0.05, 0.1) is 5.56 Å². The lowest BCUT2D eigenvalue weighted by Gasteiger charge is -2.27. The van der Waals surface area contributed by atoms with Crippen molar-refractivity contribution in [3.05, 3.63) is 35.5 Å². The van der Waals surface area contributed by atoms with Crippen molar-refractivity contribution in [3.63, 3.8) is 0 Å². The first kappa shape index (κ1) is 14.1. The van der Waals surface area contributed by atoms with E-state index >= 15 is 0 Å². The molecule has 1 aliphatic heterocycles. The van der Waals surface area contributed by atoms with E-state index in [-0.39, 0.29) is 0 Å². The van der Waals surface area contributed by atoms with Gasteiger partial charge in [-0.3, -0.25) is 4.90 Å². The molecule has 3 rings (SSSR count).